The predicted octanol–water partition coefficient (Wildman–Crippen LogP) is 3.22. The Bertz CT molecular complexity index is 521. The zero-order valence-corrected chi connectivity index (χ0v) is 13.0. The van der Waals surface area contributed by atoms with E-state index in [1.165, 1.54) is 18.2 Å². The summed E-state index contributed by atoms with van der Waals surface area (Å²) in [5.41, 5.74) is 0.924. The van der Waals surface area contributed by atoms with Gasteiger partial charge in [-0.05, 0) is 43.5 Å². The quantitative estimate of drug-likeness (QED) is 0.717. The highest BCUT2D eigenvalue weighted by atomic mass is 19.4. The van der Waals surface area contributed by atoms with Crippen LogP contribution < -0.4 is 15.4 Å². The van der Waals surface area contributed by atoms with E-state index in [0.29, 0.717) is 24.1 Å². The number of carbonyl (C=O) groups excluding carboxylic acids is 1. The fourth-order valence-corrected chi connectivity index (χ4v) is 1.94. The third-order valence-corrected chi connectivity index (χ3v) is 3.13. The number of aliphatic hydroxyl groups is 1. The second-order valence-corrected chi connectivity index (χ2v) is 5.10. The van der Waals surface area contributed by atoms with Crippen LogP contribution in [0.4, 0.5) is 23.7 Å². The maximum absolute atomic E-state index is 12.1. The zero-order chi connectivity index (χ0) is 17.5. The van der Waals surface area contributed by atoms with Crippen LogP contribution in [0.1, 0.15) is 25.3 Å². The number of hydrogen-bond donors (Lipinski definition) is 3. The van der Waals surface area contributed by atoms with E-state index in [2.05, 4.69) is 10.6 Å². The third kappa shape index (κ3) is 7.23. The first kappa shape index (κ1) is 19.1. The summed E-state index contributed by atoms with van der Waals surface area (Å²) in [5, 5.41) is 14.2. The van der Waals surface area contributed by atoms with Crippen LogP contribution in [0.15, 0.2) is 18.2 Å². The van der Waals surface area contributed by atoms with Gasteiger partial charge in [0.25, 0.3) is 0 Å². The molecule has 8 heteroatoms. The highest BCUT2D eigenvalue weighted by Crippen LogP contribution is 2.24. The summed E-state index contributed by atoms with van der Waals surface area (Å²) < 4.78 is 41.1. The van der Waals surface area contributed by atoms with Gasteiger partial charge in [0.15, 0.2) is 6.61 Å². The van der Waals surface area contributed by atoms with Gasteiger partial charge in [0.1, 0.15) is 5.75 Å². The smallest absolute Gasteiger partial charge is 0.422 e. The average Bonchev–Trinajstić information content (AvgIpc) is 2.44. The largest absolute Gasteiger partial charge is 0.484 e. The van der Waals surface area contributed by atoms with E-state index in [4.69, 9.17) is 9.84 Å². The van der Waals surface area contributed by atoms with E-state index in [1.54, 1.807) is 6.92 Å². The number of ether oxygens (including phenoxy) is 1. The van der Waals surface area contributed by atoms with E-state index in [1.807, 2.05) is 6.92 Å². The molecule has 0 radical (unpaired) electrons. The Morgan fingerprint density at radius 3 is 2.61 bits per heavy atom. The molecule has 0 fully saturated rings. The van der Waals surface area contributed by atoms with Crippen LogP contribution in [0, 0.1) is 6.92 Å². The Morgan fingerprint density at radius 2 is 2.09 bits per heavy atom. The highest BCUT2D eigenvalue weighted by molar-refractivity contribution is 5.89. The number of anilines is 1. The Morgan fingerprint density at radius 1 is 1.39 bits per heavy atom. The van der Waals surface area contributed by atoms with Crippen LogP contribution in [0.5, 0.6) is 5.75 Å². The monoisotopic (exact) mass is 334 g/mol. The summed E-state index contributed by atoms with van der Waals surface area (Å²) in [6, 6.07) is 3.79. The molecule has 3 N–H and O–H groups in total. The molecule has 0 bridgehead atoms. The lowest BCUT2D eigenvalue weighted by Crippen LogP contribution is -2.38. The van der Waals surface area contributed by atoms with E-state index >= 15 is 0 Å². The van der Waals surface area contributed by atoms with Crippen molar-refractivity contribution in [2.24, 2.45) is 0 Å². The molecule has 1 unspecified atom stereocenters. The van der Waals surface area contributed by atoms with Gasteiger partial charge < -0.3 is 20.5 Å². The molecule has 0 spiro atoms. The second-order valence-electron chi connectivity index (χ2n) is 5.10. The minimum absolute atomic E-state index is 0.0247. The van der Waals surface area contributed by atoms with E-state index < -0.39 is 18.8 Å². The Hall–Kier alpha value is -1.96. The Labute approximate surface area is 132 Å². The summed E-state index contributed by atoms with van der Waals surface area (Å²) in [6.45, 7) is 2.09. The molecule has 1 aromatic rings. The number of benzene rings is 1. The molecule has 0 aliphatic rings. The van der Waals surface area contributed by atoms with Crippen molar-refractivity contribution in [3.05, 3.63) is 23.8 Å². The van der Waals surface area contributed by atoms with Crippen molar-refractivity contribution in [3.63, 3.8) is 0 Å². The molecule has 0 aliphatic carbocycles. The number of rotatable bonds is 7. The number of amides is 2. The SMILES string of the molecule is CCC(CCO)NC(=O)Nc1ccc(OCC(F)(F)F)c(C)c1. The number of urea groups is 1. The fraction of sp³-hybridized carbons (Fsp3) is 0.533. The molecule has 5 nitrogen and oxygen atoms in total. The number of halogens is 3. The maximum Gasteiger partial charge on any atom is 0.422 e. The first-order valence-electron chi connectivity index (χ1n) is 7.23. The normalized spacial score (nSPS) is 12.6. The molecule has 0 aliphatic heterocycles. The molecular weight excluding hydrogens is 313 g/mol. The lowest BCUT2D eigenvalue weighted by atomic mass is 10.1. The first-order valence-corrected chi connectivity index (χ1v) is 7.23. The number of aryl methyl sites for hydroxylation is 1. The molecule has 1 rings (SSSR count). The van der Waals surface area contributed by atoms with Crippen LogP contribution in [0.3, 0.4) is 0 Å². The zero-order valence-electron chi connectivity index (χ0n) is 13.0. The molecule has 1 aromatic carbocycles. The van der Waals surface area contributed by atoms with Crippen molar-refractivity contribution >= 4 is 11.7 Å². The van der Waals surface area contributed by atoms with Crippen LogP contribution >= 0.6 is 0 Å². The van der Waals surface area contributed by atoms with Gasteiger partial charge in [-0.3, -0.25) is 0 Å². The van der Waals surface area contributed by atoms with Crippen molar-refractivity contribution in [1.82, 2.24) is 5.32 Å². The molecule has 0 heterocycles. The Balaban J connectivity index is 2.61. The summed E-state index contributed by atoms with van der Waals surface area (Å²) >= 11 is 0. The van der Waals surface area contributed by atoms with Gasteiger partial charge >= 0.3 is 12.2 Å². The molecule has 0 aromatic heterocycles. The molecule has 130 valence electrons. The topological polar surface area (TPSA) is 70.6 Å². The number of alkyl halides is 3. The van der Waals surface area contributed by atoms with Gasteiger partial charge in [0.2, 0.25) is 0 Å². The third-order valence-electron chi connectivity index (χ3n) is 3.13. The molecule has 0 saturated carbocycles. The van der Waals surface area contributed by atoms with Crippen LogP contribution in [-0.2, 0) is 0 Å². The van der Waals surface area contributed by atoms with Crippen molar-refractivity contribution < 1.29 is 27.8 Å². The summed E-state index contributed by atoms with van der Waals surface area (Å²) in [6.07, 6.45) is -3.27. The van der Waals surface area contributed by atoms with Crippen molar-refractivity contribution in [2.45, 2.75) is 38.9 Å². The van der Waals surface area contributed by atoms with Crippen LogP contribution in [-0.4, -0.2) is 36.6 Å². The van der Waals surface area contributed by atoms with Crippen LogP contribution in [0.25, 0.3) is 0 Å². The number of hydrogen-bond acceptors (Lipinski definition) is 3. The summed E-state index contributed by atoms with van der Waals surface area (Å²) in [7, 11) is 0. The molecule has 23 heavy (non-hydrogen) atoms. The van der Waals surface area contributed by atoms with Gasteiger partial charge in [-0.1, -0.05) is 6.92 Å². The number of nitrogens with one attached hydrogen (secondary N) is 2. The number of carbonyl (C=O) groups is 1. The average molecular weight is 334 g/mol. The predicted molar refractivity (Wildman–Crippen MR) is 80.7 cm³/mol. The summed E-state index contributed by atoms with van der Waals surface area (Å²) in [5.74, 6) is 0.111. The lowest BCUT2D eigenvalue weighted by molar-refractivity contribution is -0.153. The van der Waals surface area contributed by atoms with Gasteiger partial charge in [0, 0.05) is 18.3 Å². The van der Waals surface area contributed by atoms with Crippen molar-refractivity contribution in [3.8, 4) is 5.75 Å². The molecule has 2 amide bonds. The fourth-order valence-electron chi connectivity index (χ4n) is 1.94. The summed E-state index contributed by atoms with van der Waals surface area (Å²) in [4.78, 5) is 11.8. The van der Waals surface area contributed by atoms with Gasteiger partial charge in [-0.2, -0.15) is 13.2 Å². The molecular formula is C15H21F3N2O3. The lowest BCUT2D eigenvalue weighted by Gasteiger charge is -2.17. The minimum Gasteiger partial charge on any atom is -0.484 e. The second kappa shape index (κ2) is 8.61. The van der Waals surface area contributed by atoms with Crippen LogP contribution in [0.2, 0.25) is 0 Å². The van der Waals surface area contributed by atoms with Gasteiger partial charge in [-0.15, -0.1) is 0 Å². The van der Waals surface area contributed by atoms with Crippen molar-refractivity contribution in [2.75, 3.05) is 18.5 Å². The minimum atomic E-state index is -4.40. The first-order chi connectivity index (χ1) is 10.7. The van der Waals surface area contributed by atoms with E-state index in [-0.39, 0.29) is 18.4 Å². The molecule has 1 atom stereocenters. The standard InChI is InChI=1S/C15H21F3N2O3/c1-3-11(6-7-21)19-14(22)20-12-4-5-13(10(2)8-12)23-9-15(16,17)18/h4-5,8,11,21H,3,6-7,9H2,1-2H3,(H2,19,20,22). The highest BCUT2D eigenvalue weighted by Gasteiger charge is 2.28. The molecule has 0 saturated heterocycles. The van der Waals surface area contributed by atoms with E-state index in [9.17, 15) is 18.0 Å². The van der Waals surface area contributed by atoms with Gasteiger partial charge in [-0.25, -0.2) is 4.79 Å². The van der Waals surface area contributed by atoms with Gasteiger partial charge in [0.05, 0.1) is 0 Å². The Kier molecular flexibility index (Phi) is 7.15. The van der Waals surface area contributed by atoms with E-state index in [0.717, 1.165) is 0 Å². The maximum atomic E-state index is 12.1. The van der Waals surface area contributed by atoms with Crippen molar-refractivity contribution in [1.29, 1.82) is 0 Å². The number of aliphatic hydroxyl groups excluding tert-OH is 1.